The minimum atomic E-state index is -1.45. The summed E-state index contributed by atoms with van der Waals surface area (Å²) in [6, 6.07) is 0. The first-order valence-electron chi connectivity index (χ1n) is 4.68. The minimum Gasteiger partial charge on any atom is -0.547 e. The molecular formula is C9H16N2O4. The largest absolute Gasteiger partial charge is 0.547 e. The van der Waals surface area contributed by atoms with Crippen molar-refractivity contribution in [1.82, 2.24) is 5.32 Å². The fourth-order valence-electron chi connectivity index (χ4n) is 1.91. The molecule has 0 saturated carbocycles. The van der Waals surface area contributed by atoms with Crippen molar-refractivity contribution >= 4 is 11.9 Å². The average molecular weight is 216 g/mol. The first-order valence-corrected chi connectivity index (χ1v) is 4.68. The Morgan fingerprint density at radius 3 is 2.47 bits per heavy atom. The zero-order valence-corrected chi connectivity index (χ0v) is 9.11. The Labute approximate surface area is 88.1 Å². The standard InChI is InChI=1S/C9H16N2O4/c1-11(2,3)5-9(8(14)15)4-6(12)7(13)10-9/h6,12H,4-5H2,1-3H3,(H-,10,13,14,15)/t6-,9+/m0/s1. The van der Waals surface area contributed by atoms with E-state index in [1.807, 2.05) is 21.1 Å². The summed E-state index contributed by atoms with van der Waals surface area (Å²) in [5, 5.41) is 22.6. The minimum absolute atomic E-state index is 0.135. The van der Waals surface area contributed by atoms with Crippen LogP contribution in [-0.2, 0) is 9.59 Å². The van der Waals surface area contributed by atoms with Crippen LogP contribution < -0.4 is 10.4 Å². The zero-order chi connectivity index (χ0) is 11.9. The summed E-state index contributed by atoms with van der Waals surface area (Å²) in [5.41, 5.74) is -1.45. The van der Waals surface area contributed by atoms with Gasteiger partial charge in [0.25, 0.3) is 0 Å². The molecule has 2 N–H and O–H groups in total. The van der Waals surface area contributed by atoms with E-state index in [-0.39, 0.29) is 13.0 Å². The van der Waals surface area contributed by atoms with Crippen molar-refractivity contribution in [3.05, 3.63) is 0 Å². The van der Waals surface area contributed by atoms with Crippen molar-refractivity contribution in [1.29, 1.82) is 0 Å². The van der Waals surface area contributed by atoms with Crippen molar-refractivity contribution in [2.75, 3.05) is 27.7 Å². The number of nitrogens with zero attached hydrogens (tertiary/aromatic N) is 1. The Hall–Kier alpha value is -1.14. The average Bonchev–Trinajstić information content (AvgIpc) is 2.24. The molecule has 0 unspecified atom stereocenters. The Morgan fingerprint density at radius 1 is 1.67 bits per heavy atom. The molecule has 1 heterocycles. The van der Waals surface area contributed by atoms with Crippen molar-refractivity contribution in [3.63, 3.8) is 0 Å². The van der Waals surface area contributed by atoms with Crippen molar-refractivity contribution in [2.24, 2.45) is 0 Å². The van der Waals surface area contributed by atoms with Crippen molar-refractivity contribution in [3.8, 4) is 0 Å². The third kappa shape index (κ3) is 2.45. The number of carboxylic acids is 1. The van der Waals surface area contributed by atoms with Gasteiger partial charge in [-0.3, -0.25) is 4.79 Å². The van der Waals surface area contributed by atoms with Gasteiger partial charge in [0.05, 0.1) is 27.1 Å². The maximum absolute atomic E-state index is 11.1. The lowest BCUT2D eigenvalue weighted by atomic mass is 9.95. The maximum atomic E-state index is 11.1. The number of quaternary nitrogens is 1. The number of hydrogen-bond acceptors (Lipinski definition) is 4. The fraction of sp³-hybridized carbons (Fsp3) is 0.778. The van der Waals surface area contributed by atoms with Crippen LogP contribution in [0.15, 0.2) is 0 Å². The summed E-state index contributed by atoms with van der Waals surface area (Å²) < 4.78 is 0.362. The molecule has 0 radical (unpaired) electrons. The molecule has 2 atom stereocenters. The second kappa shape index (κ2) is 3.46. The van der Waals surface area contributed by atoms with Crippen molar-refractivity contribution in [2.45, 2.75) is 18.1 Å². The summed E-state index contributed by atoms with van der Waals surface area (Å²) in [6.07, 6.45) is -1.39. The molecule has 1 amide bonds. The van der Waals surface area contributed by atoms with Crippen LogP contribution in [-0.4, -0.2) is 60.8 Å². The predicted octanol–water partition coefficient (Wildman–Crippen LogP) is -2.94. The molecule has 6 heteroatoms. The molecule has 0 aromatic heterocycles. The SMILES string of the molecule is C[N+](C)(C)C[C@@]1(C(=O)[O-])C[C@H](O)C(=O)N1. The number of carbonyl (C=O) groups excluding carboxylic acids is 2. The summed E-state index contributed by atoms with van der Waals surface area (Å²) in [6.45, 7) is 0.179. The summed E-state index contributed by atoms with van der Waals surface area (Å²) >= 11 is 0. The molecule has 0 aromatic carbocycles. The van der Waals surface area contributed by atoms with E-state index in [0.29, 0.717) is 4.48 Å². The number of aliphatic hydroxyl groups excluding tert-OH is 1. The molecule has 0 aliphatic carbocycles. The van der Waals surface area contributed by atoms with E-state index in [0.717, 1.165) is 0 Å². The first-order chi connectivity index (χ1) is 6.66. The van der Waals surface area contributed by atoms with Crippen LogP contribution in [0.3, 0.4) is 0 Å². The van der Waals surface area contributed by atoms with E-state index < -0.39 is 23.5 Å². The Bertz CT molecular complexity index is 297. The van der Waals surface area contributed by atoms with Gasteiger partial charge in [-0.25, -0.2) is 0 Å². The molecule has 0 bridgehead atoms. The highest BCUT2D eigenvalue weighted by Crippen LogP contribution is 2.22. The van der Waals surface area contributed by atoms with Gasteiger partial charge in [-0.15, -0.1) is 0 Å². The van der Waals surface area contributed by atoms with Gasteiger partial charge < -0.3 is 24.8 Å². The van der Waals surface area contributed by atoms with E-state index in [9.17, 15) is 19.8 Å². The van der Waals surface area contributed by atoms with Gasteiger partial charge in [0, 0.05) is 6.42 Å². The Morgan fingerprint density at radius 2 is 2.20 bits per heavy atom. The Kier molecular flexibility index (Phi) is 2.75. The molecule has 1 aliphatic rings. The number of amides is 1. The fourth-order valence-corrected chi connectivity index (χ4v) is 1.91. The predicted molar refractivity (Wildman–Crippen MR) is 49.4 cm³/mol. The van der Waals surface area contributed by atoms with Crippen molar-refractivity contribution < 1.29 is 24.3 Å². The van der Waals surface area contributed by atoms with E-state index in [1.54, 1.807) is 0 Å². The number of likely N-dealkylation sites (N-methyl/N-ethyl adjacent to an activating group) is 1. The van der Waals surface area contributed by atoms with E-state index in [4.69, 9.17) is 0 Å². The lowest BCUT2D eigenvalue weighted by Gasteiger charge is -2.36. The molecule has 15 heavy (non-hydrogen) atoms. The molecule has 1 aliphatic heterocycles. The van der Waals surface area contributed by atoms with Crippen LogP contribution in [0.2, 0.25) is 0 Å². The topological polar surface area (TPSA) is 89.5 Å². The highest BCUT2D eigenvalue weighted by atomic mass is 16.4. The van der Waals surface area contributed by atoms with E-state index in [1.165, 1.54) is 0 Å². The van der Waals surface area contributed by atoms with E-state index >= 15 is 0 Å². The van der Waals surface area contributed by atoms with Gasteiger partial charge in [0.15, 0.2) is 0 Å². The molecule has 1 rings (SSSR count). The normalized spacial score (nSPS) is 31.5. The smallest absolute Gasteiger partial charge is 0.249 e. The quantitative estimate of drug-likeness (QED) is 0.494. The highest BCUT2D eigenvalue weighted by Gasteiger charge is 2.48. The van der Waals surface area contributed by atoms with Gasteiger partial charge in [-0.05, 0) is 0 Å². The molecule has 6 nitrogen and oxygen atoms in total. The number of nitrogens with one attached hydrogen (secondary N) is 1. The summed E-state index contributed by atoms with van der Waals surface area (Å²) in [7, 11) is 5.42. The van der Waals surface area contributed by atoms with Gasteiger partial charge in [-0.2, -0.15) is 0 Å². The molecular weight excluding hydrogens is 200 g/mol. The van der Waals surface area contributed by atoms with Gasteiger partial charge >= 0.3 is 0 Å². The van der Waals surface area contributed by atoms with Crippen LogP contribution >= 0.6 is 0 Å². The number of aliphatic carboxylic acids is 1. The monoisotopic (exact) mass is 216 g/mol. The molecule has 1 fully saturated rings. The summed E-state index contributed by atoms with van der Waals surface area (Å²) in [5.74, 6) is -1.99. The second-order valence-corrected chi connectivity index (χ2v) is 5.03. The van der Waals surface area contributed by atoms with Gasteiger partial charge in [0.2, 0.25) is 5.91 Å². The van der Waals surface area contributed by atoms with Gasteiger partial charge in [0.1, 0.15) is 18.2 Å². The number of carboxylic acid groups (broad SMARTS) is 1. The Balaban J connectivity index is 2.92. The van der Waals surface area contributed by atoms with Crippen LogP contribution in [0.1, 0.15) is 6.42 Å². The molecule has 1 saturated heterocycles. The number of rotatable bonds is 3. The number of hydrogen-bond donors (Lipinski definition) is 2. The third-order valence-corrected chi connectivity index (χ3v) is 2.34. The zero-order valence-electron chi connectivity index (χ0n) is 9.11. The molecule has 86 valence electrons. The van der Waals surface area contributed by atoms with Crippen LogP contribution in [0, 0.1) is 0 Å². The lowest BCUT2D eigenvalue weighted by molar-refractivity contribution is -0.873. The van der Waals surface area contributed by atoms with Gasteiger partial charge in [-0.1, -0.05) is 0 Å². The summed E-state index contributed by atoms with van der Waals surface area (Å²) in [4.78, 5) is 22.2. The van der Waals surface area contributed by atoms with Crippen LogP contribution in [0.4, 0.5) is 0 Å². The third-order valence-electron chi connectivity index (χ3n) is 2.34. The molecule has 0 aromatic rings. The second-order valence-electron chi connectivity index (χ2n) is 5.03. The highest BCUT2D eigenvalue weighted by molar-refractivity contribution is 5.92. The van der Waals surface area contributed by atoms with Crippen LogP contribution in [0.5, 0.6) is 0 Å². The lowest BCUT2D eigenvalue weighted by Crippen LogP contribution is -2.64. The number of carbonyl (C=O) groups is 2. The number of aliphatic hydroxyl groups is 1. The first kappa shape index (κ1) is 11.9. The van der Waals surface area contributed by atoms with Crippen LogP contribution in [0.25, 0.3) is 0 Å². The molecule has 0 spiro atoms. The maximum Gasteiger partial charge on any atom is 0.249 e. The van der Waals surface area contributed by atoms with E-state index in [2.05, 4.69) is 5.32 Å².